The first-order valence-electron chi connectivity index (χ1n) is 11.1. The summed E-state index contributed by atoms with van der Waals surface area (Å²) in [6, 6.07) is 0. The lowest BCUT2D eigenvalue weighted by molar-refractivity contribution is -0.164. The fraction of sp³-hybridized carbons (Fsp3) is 0.826. The molecule has 0 fully saturated rings. The number of ketones is 2. The maximum Gasteiger partial charge on any atom is 0.178 e. The Labute approximate surface area is 171 Å². The molecule has 0 bridgehead atoms. The van der Waals surface area contributed by atoms with Crippen LogP contribution >= 0.6 is 0 Å². The summed E-state index contributed by atoms with van der Waals surface area (Å²) in [5, 5.41) is 28.9. The van der Waals surface area contributed by atoms with Gasteiger partial charge in [-0.05, 0) is 39.0 Å². The minimum atomic E-state index is -2.37. The van der Waals surface area contributed by atoms with Crippen LogP contribution in [0.3, 0.4) is 0 Å². The topological polar surface area (TPSA) is 94.8 Å². The molecule has 0 aromatic carbocycles. The van der Waals surface area contributed by atoms with E-state index in [1.165, 1.54) is 44.9 Å². The molecular formula is C23H42O5. The zero-order valence-electron chi connectivity index (χ0n) is 18.0. The average molecular weight is 399 g/mol. The molecule has 0 aromatic heterocycles. The van der Waals surface area contributed by atoms with Gasteiger partial charge < -0.3 is 15.3 Å². The smallest absolute Gasteiger partial charge is 0.178 e. The standard InChI is InChI=1S/C23H42O5/c1-3-4-5-6-7-8-9-10-11-12-13-14-15-16-17-18-21(26)23(28,19-24)22(27)20(2)25/h10-11,22,24,27-28H,3-9,12-19H2,1-2H3/b11-10-. The first-order valence-corrected chi connectivity index (χ1v) is 11.1. The monoisotopic (exact) mass is 398 g/mol. The maximum absolute atomic E-state index is 12.0. The molecular weight excluding hydrogens is 356 g/mol. The van der Waals surface area contributed by atoms with Crippen molar-refractivity contribution in [2.45, 2.75) is 115 Å². The van der Waals surface area contributed by atoms with Gasteiger partial charge in [-0.1, -0.05) is 70.4 Å². The Morgan fingerprint density at radius 2 is 1.32 bits per heavy atom. The van der Waals surface area contributed by atoms with Crippen LogP contribution in [0.5, 0.6) is 0 Å². The van der Waals surface area contributed by atoms with Crippen LogP contribution < -0.4 is 0 Å². The van der Waals surface area contributed by atoms with Crippen molar-refractivity contribution >= 4 is 11.6 Å². The van der Waals surface area contributed by atoms with Crippen molar-refractivity contribution in [2.24, 2.45) is 0 Å². The van der Waals surface area contributed by atoms with Gasteiger partial charge in [0.2, 0.25) is 0 Å². The van der Waals surface area contributed by atoms with Gasteiger partial charge >= 0.3 is 0 Å². The number of carbonyl (C=O) groups is 2. The summed E-state index contributed by atoms with van der Waals surface area (Å²) in [6.45, 7) is 2.37. The first-order chi connectivity index (χ1) is 13.4. The number of carbonyl (C=O) groups excluding carboxylic acids is 2. The summed E-state index contributed by atoms with van der Waals surface area (Å²) in [4.78, 5) is 23.2. The molecule has 0 heterocycles. The van der Waals surface area contributed by atoms with Crippen molar-refractivity contribution in [1.82, 2.24) is 0 Å². The second-order valence-corrected chi connectivity index (χ2v) is 7.85. The maximum atomic E-state index is 12.0. The van der Waals surface area contributed by atoms with Gasteiger partial charge in [0, 0.05) is 6.42 Å². The van der Waals surface area contributed by atoms with Gasteiger partial charge in [-0.3, -0.25) is 9.59 Å². The molecule has 0 aliphatic heterocycles. The Morgan fingerprint density at radius 1 is 0.857 bits per heavy atom. The number of Topliss-reactive ketones (excluding diaryl/α,β-unsaturated/α-hetero) is 2. The van der Waals surface area contributed by atoms with E-state index in [4.69, 9.17) is 0 Å². The number of hydrogen-bond acceptors (Lipinski definition) is 5. The molecule has 0 rings (SSSR count). The second kappa shape index (κ2) is 16.9. The number of unbranched alkanes of at least 4 members (excludes halogenated alkanes) is 11. The van der Waals surface area contributed by atoms with E-state index in [1.54, 1.807) is 0 Å². The lowest BCUT2D eigenvalue weighted by atomic mass is 9.87. The van der Waals surface area contributed by atoms with Crippen molar-refractivity contribution in [3.8, 4) is 0 Å². The van der Waals surface area contributed by atoms with E-state index in [-0.39, 0.29) is 6.42 Å². The Hall–Kier alpha value is -1.04. The van der Waals surface area contributed by atoms with Crippen LogP contribution in [0.1, 0.15) is 104 Å². The number of aliphatic hydroxyl groups excluding tert-OH is 2. The van der Waals surface area contributed by atoms with Crippen LogP contribution in [0.4, 0.5) is 0 Å². The molecule has 0 aliphatic rings. The van der Waals surface area contributed by atoms with Crippen LogP contribution in [0.2, 0.25) is 0 Å². The van der Waals surface area contributed by atoms with Gasteiger partial charge in [-0.25, -0.2) is 0 Å². The Balaban J connectivity index is 3.67. The summed E-state index contributed by atoms with van der Waals surface area (Å²) in [5.74, 6) is -1.40. The van der Waals surface area contributed by atoms with E-state index < -0.39 is 29.9 Å². The second-order valence-electron chi connectivity index (χ2n) is 7.85. The van der Waals surface area contributed by atoms with E-state index in [2.05, 4.69) is 19.1 Å². The average Bonchev–Trinajstić information content (AvgIpc) is 2.69. The van der Waals surface area contributed by atoms with Gasteiger partial charge in [0.1, 0.15) is 6.10 Å². The molecule has 5 nitrogen and oxygen atoms in total. The van der Waals surface area contributed by atoms with Gasteiger partial charge in [0.15, 0.2) is 17.2 Å². The zero-order valence-corrected chi connectivity index (χ0v) is 18.0. The van der Waals surface area contributed by atoms with Crippen molar-refractivity contribution in [1.29, 1.82) is 0 Å². The molecule has 0 aliphatic carbocycles. The van der Waals surface area contributed by atoms with Gasteiger partial charge in [0.25, 0.3) is 0 Å². The molecule has 2 unspecified atom stereocenters. The number of rotatable bonds is 19. The summed E-state index contributed by atoms with van der Waals surface area (Å²) < 4.78 is 0. The lowest BCUT2D eigenvalue weighted by Crippen LogP contribution is -2.55. The highest BCUT2D eigenvalue weighted by atomic mass is 16.4. The summed E-state index contributed by atoms with van der Waals surface area (Å²) in [6.07, 6.45) is 17.6. The SMILES string of the molecule is CCCCCCCC/C=C\CCCCCCCC(=O)C(O)(CO)C(O)C(C)=O. The van der Waals surface area contributed by atoms with Gasteiger partial charge in [0.05, 0.1) is 6.61 Å². The highest BCUT2D eigenvalue weighted by Gasteiger charge is 2.44. The predicted molar refractivity (Wildman–Crippen MR) is 113 cm³/mol. The molecule has 2 atom stereocenters. The molecule has 0 saturated carbocycles. The van der Waals surface area contributed by atoms with E-state index in [0.717, 1.165) is 39.0 Å². The Morgan fingerprint density at radius 3 is 1.79 bits per heavy atom. The zero-order chi connectivity index (χ0) is 21.3. The van der Waals surface area contributed by atoms with E-state index in [0.29, 0.717) is 6.42 Å². The fourth-order valence-electron chi connectivity index (χ4n) is 3.24. The van der Waals surface area contributed by atoms with Gasteiger partial charge in [-0.2, -0.15) is 0 Å². The van der Waals surface area contributed by atoms with Crippen LogP contribution in [0, 0.1) is 0 Å². The minimum Gasteiger partial charge on any atom is -0.393 e. The van der Waals surface area contributed by atoms with Crippen LogP contribution in [-0.2, 0) is 9.59 Å². The Kier molecular flexibility index (Phi) is 16.2. The summed E-state index contributed by atoms with van der Waals surface area (Å²) in [5.41, 5.74) is -2.37. The number of allylic oxidation sites excluding steroid dienone is 2. The van der Waals surface area contributed by atoms with Crippen molar-refractivity contribution in [3.05, 3.63) is 12.2 Å². The molecule has 3 N–H and O–H groups in total. The van der Waals surface area contributed by atoms with E-state index >= 15 is 0 Å². The third-order valence-electron chi connectivity index (χ3n) is 5.23. The highest BCUT2D eigenvalue weighted by molar-refractivity contribution is 5.95. The molecule has 28 heavy (non-hydrogen) atoms. The summed E-state index contributed by atoms with van der Waals surface area (Å²) >= 11 is 0. The molecule has 0 saturated heterocycles. The molecule has 0 spiro atoms. The highest BCUT2D eigenvalue weighted by Crippen LogP contribution is 2.18. The van der Waals surface area contributed by atoms with E-state index in [1.807, 2.05) is 0 Å². The number of hydrogen-bond donors (Lipinski definition) is 3. The molecule has 0 amide bonds. The van der Waals surface area contributed by atoms with Crippen LogP contribution in [-0.4, -0.2) is 45.2 Å². The Bertz CT molecular complexity index is 446. The third kappa shape index (κ3) is 11.7. The summed E-state index contributed by atoms with van der Waals surface area (Å²) in [7, 11) is 0. The van der Waals surface area contributed by atoms with Crippen molar-refractivity contribution in [3.63, 3.8) is 0 Å². The third-order valence-corrected chi connectivity index (χ3v) is 5.23. The molecule has 0 aromatic rings. The fourth-order valence-corrected chi connectivity index (χ4v) is 3.24. The van der Waals surface area contributed by atoms with Gasteiger partial charge in [-0.15, -0.1) is 0 Å². The lowest BCUT2D eigenvalue weighted by Gasteiger charge is -2.28. The van der Waals surface area contributed by atoms with Crippen molar-refractivity contribution in [2.75, 3.05) is 6.61 Å². The first kappa shape index (κ1) is 27.0. The van der Waals surface area contributed by atoms with Crippen molar-refractivity contribution < 1.29 is 24.9 Å². The predicted octanol–water partition coefficient (Wildman–Crippen LogP) is 4.27. The largest absolute Gasteiger partial charge is 0.393 e. The molecule has 0 radical (unpaired) electrons. The number of aliphatic hydroxyl groups is 3. The molecule has 164 valence electrons. The quantitative estimate of drug-likeness (QED) is 0.223. The van der Waals surface area contributed by atoms with Crippen LogP contribution in [0.15, 0.2) is 12.2 Å². The minimum absolute atomic E-state index is 0.0551. The molecule has 5 heteroatoms. The normalized spacial score (nSPS) is 14.9. The van der Waals surface area contributed by atoms with Crippen LogP contribution in [0.25, 0.3) is 0 Å². The van der Waals surface area contributed by atoms with E-state index in [9.17, 15) is 24.9 Å².